The van der Waals surface area contributed by atoms with Crippen molar-refractivity contribution in [2.75, 3.05) is 5.88 Å². The van der Waals surface area contributed by atoms with Crippen LogP contribution >= 0.6 is 27.5 Å². The molecular weight excluding hydrogens is 350 g/mol. The summed E-state index contributed by atoms with van der Waals surface area (Å²) in [6.07, 6.45) is 6.43. The first-order chi connectivity index (χ1) is 10.1. The molecule has 3 rings (SSSR count). The number of fused-ring (bicyclic) bond motifs is 1. The Morgan fingerprint density at radius 3 is 2.90 bits per heavy atom. The van der Waals surface area contributed by atoms with Crippen LogP contribution in [0.4, 0.5) is 0 Å². The molecule has 5 heteroatoms. The van der Waals surface area contributed by atoms with Gasteiger partial charge in [-0.3, -0.25) is 0 Å². The predicted octanol–water partition coefficient (Wildman–Crippen LogP) is 4.97. The molecule has 0 saturated heterocycles. The number of hydrogen-bond acceptors (Lipinski definition) is 2. The lowest BCUT2D eigenvalue weighted by molar-refractivity contribution is 0.207. The number of alkyl halides is 1. The van der Waals surface area contributed by atoms with Crippen molar-refractivity contribution >= 4 is 38.7 Å². The Morgan fingerprint density at radius 2 is 2.19 bits per heavy atom. The average Bonchev–Trinajstić information content (AvgIpc) is 2.76. The van der Waals surface area contributed by atoms with E-state index in [2.05, 4.69) is 39.3 Å². The molecule has 1 saturated carbocycles. The second kappa shape index (κ2) is 6.25. The maximum absolute atomic E-state index is 5.98. The fourth-order valence-electron chi connectivity index (χ4n) is 3.65. The van der Waals surface area contributed by atoms with Gasteiger partial charge in [0, 0.05) is 29.0 Å². The minimum absolute atomic E-state index is 0.498. The van der Waals surface area contributed by atoms with Gasteiger partial charge in [0.2, 0.25) is 0 Å². The standard InChI is InChI=1S/C16H21BrClN3/c1-10-3-4-14(11(2)7-10)21-15(5-6-18)20-13-8-12(17)9-19-16(13)21/h8-11,14H,3-7H2,1-2H3. The topological polar surface area (TPSA) is 30.7 Å². The van der Waals surface area contributed by atoms with Crippen LogP contribution in [0.5, 0.6) is 0 Å². The molecule has 3 unspecified atom stereocenters. The van der Waals surface area contributed by atoms with E-state index in [1.54, 1.807) is 0 Å². The molecule has 2 aromatic heterocycles. The monoisotopic (exact) mass is 369 g/mol. The van der Waals surface area contributed by atoms with Crippen molar-refractivity contribution in [3.05, 3.63) is 22.6 Å². The van der Waals surface area contributed by atoms with Crippen molar-refractivity contribution in [2.24, 2.45) is 11.8 Å². The number of halogens is 2. The Labute approximate surface area is 139 Å². The fraction of sp³-hybridized carbons (Fsp3) is 0.625. The molecule has 3 nitrogen and oxygen atoms in total. The van der Waals surface area contributed by atoms with Gasteiger partial charge < -0.3 is 4.57 Å². The SMILES string of the molecule is CC1CCC(n2c(CCCl)nc3cc(Br)cnc32)C(C)C1. The van der Waals surface area contributed by atoms with E-state index in [1.807, 2.05) is 12.3 Å². The zero-order valence-corrected chi connectivity index (χ0v) is 14.9. The first-order valence-corrected chi connectivity index (χ1v) is 9.01. The van der Waals surface area contributed by atoms with E-state index >= 15 is 0 Å². The Balaban J connectivity index is 2.08. The van der Waals surface area contributed by atoms with E-state index in [-0.39, 0.29) is 0 Å². The van der Waals surface area contributed by atoms with Crippen LogP contribution in [0.3, 0.4) is 0 Å². The lowest BCUT2D eigenvalue weighted by Crippen LogP contribution is -2.26. The number of pyridine rings is 1. The summed E-state index contributed by atoms with van der Waals surface area (Å²) in [4.78, 5) is 9.40. The molecule has 2 aromatic rings. The highest BCUT2D eigenvalue weighted by Gasteiger charge is 2.29. The van der Waals surface area contributed by atoms with Gasteiger partial charge >= 0.3 is 0 Å². The van der Waals surface area contributed by atoms with Crippen molar-refractivity contribution in [1.29, 1.82) is 0 Å². The van der Waals surface area contributed by atoms with Crippen LogP contribution in [0.1, 0.15) is 45.0 Å². The molecular formula is C16H21BrClN3. The first kappa shape index (κ1) is 15.3. The van der Waals surface area contributed by atoms with Crippen LogP contribution in [0.2, 0.25) is 0 Å². The minimum atomic E-state index is 0.498. The van der Waals surface area contributed by atoms with E-state index in [4.69, 9.17) is 16.6 Å². The number of aromatic nitrogens is 3. The fourth-order valence-corrected chi connectivity index (χ4v) is 4.13. The van der Waals surface area contributed by atoms with Gasteiger partial charge in [0.05, 0.1) is 0 Å². The van der Waals surface area contributed by atoms with Gasteiger partial charge in [0.15, 0.2) is 5.65 Å². The smallest absolute Gasteiger partial charge is 0.160 e. The maximum atomic E-state index is 5.98. The van der Waals surface area contributed by atoms with Gasteiger partial charge in [0.25, 0.3) is 0 Å². The summed E-state index contributed by atoms with van der Waals surface area (Å²) >= 11 is 9.47. The quantitative estimate of drug-likeness (QED) is 0.714. The molecule has 2 heterocycles. The Morgan fingerprint density at radius 1 is 1.38 bits per heavy atom. The largest absolute Gasteiger partial charge is 0.309 e. The first-order valence-electron chi connectivity index (χ1n) is 7.68. The highest BCUT2D eigenvalue weighted by Crippen LogP contribution is 2.39. The van der Waals surface area contributed by atoms with Crippen LogP contribution in [-0.2, 0) is 6.42 Å². The van der Waals surface area contributed by atoms with Crippen LogP contribution < -0.4 is 0 Å². The van der Waals surface area contributed by atoms with Crippen LogP contribution in [-0.4, -0.2) is 20.4 Å². The highest BCUT2D eigenvalue weighted by atomic mass is 79.9. The Bertz CT molecular complexity index is 640. The van der Waals surface area contributed by atoms with Crippen molar-refractivity contribution in [1.82, 2.24) is 14.5 Å². The zero-order valence-electron chi connectivity index (χ0n) is 12.5. The summed E-state index contributed by atoms with van der Waals surface area (Å²) in [7, 11) is 0. The molecule has 21 heavy (non-hydrogen) atoms. The third kappa shape index (κ3) is 2.98. The predicted molar refractivity (Wildman–Crippen MR) is 90.9 cm³/mol. The van der Waals surface area contributed by atoms with Crippen LogP contribution in [0.25, 0.3) is 11.2 Å². The van der Waals surface area contributed by atoms with E-state index in [0.29, 0.717) is 17.8 Å². The Kier molecular flexibility index (Phi) is 4.55. The molecule has 0 spiro atoms. The third-order valence-corrected chi connectivity index (χ3v) is 5.23. The van der Waals surface area contributed by atoms with Gasteiger partial charge in [-0.15, -0.1) is 11.6 Å². The van der Waals surface area contributed by atoms with E-state index < -0.39 is 0 Å². The molecule has 0 bridgehead atoms. The normalized spacial score (nSPS) is 26.4. The van der Waals surface area contributed by atoms with E-state index in [1.165, 1.54) is 19.3 Å². The lowest BCUT2D eigenvalue weighted by Gasteiger charge is -2.34. The maximum Gasteiger partial charge on any atom is 0.160 e. The average molecular weight is 371 g/mol. The van der Waals surface area contributed by atoms with Gasteiger partial charge in [-0.05, 0) is 53.1 Å². The van der Waals surface area contributed by atoms with Crippen LogP contribution in [0, 0.1) is 11.8 Å². The second-order valence-electron chi connectivity index (χ2n) is 6.30. The van der Waals surface area contributed by atoms with E-state index in [0.717, 1.165) is 33.8 Å². The van der Waals surface area contributed by atoms with Crippen molar-refractivity contribution in [3.8, 4) is 0 Å². The molecule has 1 aliphatic rings. The molecule has 0 radical (unpaired) electrons. The van der Waals surface area contributed by atoms with Crippen LogP contribution in [0.15, 0.2) is 16.7 Å². The molecule has 0 amide bonds. The van der Waals surface area contributed by atoms with Gasteiger partial charge in [0.1, 0.15) is 11.3 Å². The molecule has 114 valence electrons. The number of aryl methyl sites for hydroxylation is 1. The number of nitrogens with zero attached hydrogens (tertiary/aromatic N) is 3. The molecule has 1 aliphatic carbocycles. The zero-order chi connectivity index (χ0) is 15.0. The number of hydrogen-bond donors (Lipinski definition) is 0. The summed E-state index contributed by atoms with van der Waals surface area (Å²) in [6, 6.07) is 2.55. The van der Waals surface area contributed by atoms with Gasteiger partial charge in [-0.1, -0.05) is 13.8 Å². The molecule has 0 N–H and O–H groups in total. The molecule has 0 aliphatic heterocycles. The van der Waals surface area contributed by atoms with Gasteiger partial charge in [-0.2, -0.15) is 0 Å². The number of imidazole rings is 1. The summed E-state index contributed by atoms with van der Waals surface area (Å²) in [5.41, 5.74) is 1.97. The number of rotatable bonds is 3. The molecule has 1 fully saturated rings. The molecule has 0 aromatic carbocycles. The van der Waals surface area contributed by atoms with Gasteiger partial charge in [-0.25, -0.2) is 9.97 Å². The summed E-state index contributed by atoms with van der Waals surface area (Å²) in [5.74, 6) is 3.16. The summed E-state index contributed by atoms with van der Waals surface area (Å²) in [5, 5.41) is 0. The summed E-state index contributed by atoms with van der Waals surface area (Å²) in [6.45, 7) is 4.71. The van der Waals surface area contributed by atoms with Crippen molar-refractivity contribution in [3.63, 3.8) is 0 Å². The van der Waals surface area contributed by atoms with E-state index in [9.17, 15) is 0 Å². The lowest BCUT2D eigenvalue weighted by atomic mass is 9.79. The third-order valence-electron chi connectivity index (χ3n) is 4.61. The van der Waals surface area contributed by atoms with Crippen molar-refractivity contribution in [2.45, 2.75) is 45.6 Å². The minimum Gasteiger partial charge on any atom is -0.309 e. The summed E-state index contributed by atoms with van der Waals surface area (Å²) < 4.78 is 3.34. The van der Waals surface area contributed by atoms with Crippen molar-refractivity contribution < 1.29 is 0 Å². The Hall–Kier alpha value is -0.610. The second-order valence-corrected chi connectivity index (χ2v) is 7.59. The highest BCUT2D eigenvalue weighted by molar-refractivity contribution is 9.10. The molecule has 3 atom stereocenters.